The van der Waals surface area contributed by atoms with Gasteiger partial charge in [0.05, 0.1) is 0 Å². The van der Waals surface area contributed by atoms with Gasteiger partial charge >= 0.3 is 0 Å². The van der Waals surface area contributed by atoms with Crippen molar-refractivity contribution < 1.29 is 0 Å². The number of hydrogen-bond donors (Lipinski definition) is 1. The molecule has 1 rings (SSSR count). The lowest BCUT2D eigenvalue weighted by molar-refractivity contribution is 0.956. The van der Waals surface area contributed by atoms with Gasteiger partial charge in [-0.05, 0) is 37.9 Å². The summed E-state index contributed by atoms with van der Waals surface area (Å²) in [5.41, 5.74) is 9.52. The zero-order valence-corrected chi connectivity index (χ0v) is 8.45. The van der Waals surface area contributed by atoms with Crippen molar-refractivity contribution in [2.24, 2.45) is 5.73 Å². The first kappa shape index (κ1) is 11.5. The molecule has 0 aromatic heterocycles. The molecule has 1 nitrogen and oxygen atoms in total. The quantitative estimate of drug-likeness (QED) is 0.752. The number of halogens is 1. The van der Waals surface area contributed by atoms with Gasteiger partial charge in [0.15, 0.2) is 0 Å². The van der Waals surface area contributed by atoms with E-state index in [4.69, 9.17) is 5.73 Å². The number of rotatable bonds is 2. The van der Waals surface area contributed by atoms with Crippen molar-refractivity contribution in [2.75, 3.05) is 6.54 Å². The molecule has 0 aliphatic heterocycles. The van der Waals surface area contributed by atoms with Crippen LogP contribution >= 0.6 is 12.4 Å². The summed E-state index contributed by atoms with van der Waals surface area (Å²) in [4.78, 5) is 0. The normalized spacial score (nSPS) is 9.25. The van der Waals surface area contributed by atoms with Crippen molar-refractivity contribution in [1.82, 2.24) is 0 Å². The minimum absolute atomic E-state index is 0. The van der Waals surface area contributed by atoms with Gasteiger partial charge in [0.1, 0.15) is 0 Å². The summed E-state index contributed by atoms with van der Waals surface area (Å²) in [5.74, 6) is 0. The van der Waals surface area contributed by atoms with Crippen LogP contribution in [0.3, 0.4) is 0 Å². The Hall–Kier alpha value is -0.530. The predicted octanol–water partition coefficient (Wildman–Crippen LogP) is 2.23. The second-order valence-electron chi connectivity index (χ2n) is 2.97. The third kappa shape index (κ3) is 2.84. The largest absolute Gasteiger partial charge is 0.330 e. The molecule has 0 aliphatic rings. The van der Waals surface area contributed by atoms with Crippen LogP contribution < -0.4 is 5.73 Å². The standard InChI is InChI=1S/C10H15N.ClH/c1-8-3-4-10(5-6-11)9(2)7-8;/h3-4,7H,5-6,11H2,1-2H3;1H. The summed E-state index contributed by atoms with van der Waals surface area (Å²) in [6, 6.07) is 6.50. The van der Waals surface area contributed by atoms with Crippen LogP contribution in [0.25, 0.3) is 0 Å². The third-order valence-electron chi connectivity index (χ3n) is 1.91. The minimum Gasteiger partial charge on any atom is -0.330 e. The van der Waals surface area contributed by atoms with Crippen LogP contribution in [0, 0.1) is 13.8 Å². The molecule has 0 saturated carbocycles. The fourth-order valence-electron chi connectivity index (χ4n) is 1.28. The maximum Gasteiger partial charge on any atom is -0.00366 e. The van der Waals surface area contributed by atoms with Gasteiger partial charge < -0.3 is 5.73 Å². The Balaban J connectivity index is 0.00000121. The summed E-state index contributed by atoms with van der Waals surface area (Å²) in [6.07, 6.45) is 0.992. The first-order valence-corrected chi connectivity index (χ1v) is 4.00. The van der Waals surface area contributed by atoms with E-state index in [0.29, 0.717) is 0 Å². The molecule has 0 fully saturated rings. The Labute approximate surface area is 80.4 Å². The fourth-order valence-corrected chi connectivity index (χ4v) is 1.28. The average Bonchev–Trinajstić information content (AvgIpc) is 1.95. The number of nitrogens with two attached hydrogens (primary N) is 1. The van der Waals surface area contributed by atoms with E-state index in [1.165, 1.54) is 16.7 Å². The molecule has 0 radical (unpaired) electrons. The second-order valence-corrected chi connectivity index (χ2v) is 2.97. The van der Waals surface area contributed by atoms with Crippen molar-refractivity contribution in [2.45, 2.75) is 20.3 Å². The fraction of sp³-hybridized carbons (Fsp3) is 0.400. The summed E-state index contributed by atoms with van der Waals surface area (Å²) in [7, 11) is 0. The van der Waals surface area contributed by atoms with Crippen LogP contribution in [0.2, 0.25) is 0 Å². The Morgan fingerprint density at radius 3 is 2.42 bits per heavy atom. The predicted molar refractivity (Wildman–Crippen MR) is 55.9 cm³/mol. The van der Waals surface area contributed by atoms with Crippen molar-refractivity contribution >= 4 is 12.4 Å². The highest BCUT2D eigenvalue weighted by molar-refractivity contribution is 5.85. The van der Waals surface area contributed by atoms with E-state index >= 15 is 0 Å². The molecule has 12 heavy (non-hydrogen) atoms. The van der Waals surface area contributed by atoms with E-state index in [-0.39, 0.29) is 12.4 Å². The first-order chi connectivity index (χ1) is 5.24. The van der Waals surface area contributed by atoms with Gasteiger partial charge in [-0.3, -0.25) is 0 Å². The van der Waals surface area contributed by atoms with Crippen molar-refractivity contribution in [3.8, 4) is 0 Å². The lowest BCUT2D eigenvalue weighted by atomic mass is 10.0. The Bertz CT molecular complexity index is 246. The zero-order chi connectivity index (χ0) is 8.27. The molecular formula is C10H16ClN. The lowest BCUT2D eigenvalue weighted by Gasteiger charge is -2.04. The van der Waals surface area contributed by atoms with E-state index in [0.717, 1.165) is 13.0 Å². The Morgan fingerprint density at radius 1 is 1.25 bits per heavy atom. The van der Waals surface area contributed by atoms with E-state index in [9.17, 15) is 0 Å². The smallest absolute Gasteiger partial charge is 0.00366 e. The molecule has 0 amide bonds. The minimum atomic E-state index is 0. The molecule has 0 unspecified atom stereocenters. The van der Waals surface area contributed by atoms with Crippen molar-refractivity contribution in [1.29, 1.82) is 0 Å². The van der Waals surface area contributed by atoms with Gasteiger partial charge in [0.25, 0.3) is 0 Å². The molecule has 0 spiro atoms. The molecule has 2 N–H and O–H groups in total. The van der Waals surface area contributed by atoms with E-state index in [1.807, 2.05) is 0 Å². The summed E-state index contributed by atoms with van der Waals surface area (Å²) in [6.45, 7) is 4.99. The summed E-state index contributed by atoms with van der Waals surface area (Å²) < 4.78 is 0. The molecule has 0 aliphatic carbocycles. The Morgan fingerprint density at radius 2 is 1.92 bits per heavy atom. The van der Waals surface area contributed by atoms with E-state index < -0.39 is 0 Å². The molecular weight excluding hydrogens is 170 g/mol. The topological polar surface area (TPSA) is 26.0 Å². The molecule has 0 atom stereocenters. The Kier molecular flexibility index (Phi) is 4.95. The highest BCUT2D eigenvalue weighted by atomic mass is 35.5. The van der Waals surface area contributed by atoms with Crippen LogP contribution in [0.1, 0.15) is 16.7 Å². The maximum atomic E-state index is 5.47. The third-order valence-corrected chi connectivity index (χ3v) is 1.91. The van der Waals surface area contributed by atoms with Crippen LogP contribution in [-0.4, -0.2) is 6.54 Å². The summed E-state index contributed by atoms with van der Waals surface area (Å²) >= 11 is 0. The maximum absolute atomic E-state index is 5.47. The molecule has 0 heterocycles. The van der Waals surface area contributed by atoms with Crippen molar-refractivity contribution in [3.63, 3.8) is 0 Å². The van der Waals surface area contributed by atoms with Gasteiger partial charge in [-0.2, -0.15) is 0 Å². The van der Waals surface area contributed by atoms with Crippen LogP contribution in [0.5, 0.6) is 0 Å². The van der Waals surface area contributed by atoms with Crippen LogP contribution in [0.4, 0.5) is 0 Å². The molecule has 1 aromatic carbocycles. The molecule has 0 bridgehead atoms. The highest BCUT2D eigenvalue weighted by Gasteiger charge is 1.95. The number of benzene rings is 1. The molecule has 1 aromatic rings. The van der Waals surface area contributed by atoms with Gasteiger partial charge in [0.2, 0.25) is 0 Å². The van der Waals surface area contributed by atoms with Crippen LogP contribution in [0.15, 0.2) is 18.2 Å². The average molecular weight is 186 g/mol. The van der Waals surface area contributed by atoms with Crippen LogP contribution in [-0.2, 0) is 6.42 Å². The summed E-state index contributed by atoms with van der Waals surface area (Å²) in [5, 5.41) is 0. The molecule has 68 valence electrons. The lowest BCUT2D eigenvalue weighted by Crippen LogP contribution is -2.03. The van der Waals surface area contributed by atoms with Gasteiger partial charge in [-0.1, -0.05) is 23.8 Å². The highest BCUT2D eigenvalue weighted by Crippen LogP contribution is 2.10. The van der Waals surface area contributed by atoms with Gasteiger partial charge in [-0.25, -0.2) is 0 Å². The van der Waals surface area contributed by atoms with Gasteiger partial charge in [0, 0.05) is 0 Å². The number of aryl methyl sites for hydroxylation is 2. The van der Waals surface area contributed by atoms with E-state index in [2.05, 4.69) is 32.0 Å². The number of hydrogen-bond acceptors (Lipinski definition) is 1. The monoisotopic (exact) mass is 185 g/mol. The van der Waals surface area contributed by atoms with Crippen molar-refractivity contribution in [3.05, 3.63) is 34.9 Å². The van der Waals surface area contributed by atoms with Gasteiger partial charge in [-0.15, -0.1) is 12.4 Å². The molecule has 0 saturated heterocycles. The molecule has 2 heteroatoms. The first-order valence-electron chi connectivity index (χ1n) is 4.00. The van der Waals surface area contributed by atoms with E-state index in [1.54, 1.807) is 0 Å². The second kappa shape index (κ2) is 5.18. The zero-order valence-electron chi connectivity index (χ0n) is 7.63. The SMILES string of the molecule is Cc1ccc(CCN)c(C)c1.Cl.